The molecule has 14 heavy (non-hydrogen) atoms. The molecule has 0 bridgehead atoms. The predicted octanol–water partition coefficient (Wildman–Crippen LogP) is 3.96. The van der Waals surface area contributed by atoms with Gasteiger partial charge in [0.1, 0.15) is 0 Å². The smallest absolute Gasteiger partial charge is 0.250 e. The van der Waals surface area contributed by atoms with E-state index < -0.39 is 12.3 Å². The third-order valence-corrected chi connectivity index (χ3v) is 1.59. The van der Waals surface area contributed by atoms with Gasteiger partial charge in [-0.05, 0) is 19.4 Å². The Labute approximate surface area is 84.0 Å². The minimum absolute atomic E-state index is 0.0604. The van der Waals surface area contributed by atoms with E-state index in [1.807, 2.05) is 6.92 Å². The van der Waals surface area contributed by atoms with Crippen LogP contribution in [0.2, 0.25) is 0 Å². The van der Waals surface area contributed by atoms with Crippen molar-refractivity contribution in [3.05, 3.63) is 24.3 Å². The molecule has 0 fully saturated rings. The number of alkyl halides is 2. The first kappa shape index (κ1) is 13.0. The van der Waals surface area contributed by atoms with Gasteiger partial charge in [0.25, 0.3) is 5.92 Å². The van der Waals surface area contributed by atoms with Gasteiger partial charge < -0.3 is 5.41 Å². The monoisotopic (exact) mass is 201 g/mol. The molecular weight excluding hydrogens is 184 g/mol. The topological polar surface area (TPSA) is 23.9 Å². The van der Waals surface area contributed by atoms with Crippen LogP contribution in [0.5, 0.6) is 0 Å². The van der Waals surface area contributed by atoms with Crippen molar-refractivity contribution in [1.29, 1.82) is 5.41 Å². The molecule has 0 aliphatic heterocycles. The van der Waals surface area contributed by atoms with Gasteiger partial charge in [0.2, 0.25) is 0 Å². The Morgan fingerprint density at radius 3 is 2.43 bits per heavy atom. The highest BCUT2D eigenvalue weighted by Crippen LogP contribution is 2.17. The number of halogens is 2. The number of hydrogen-bond acceptors (Lipinski definition) is 1. The molecule has 0 unspecified atom stereocenters. The molecule has 0 spiro atoms. The van der Waals surface area contributed by atoms with Crippen LogP contribution >= 0.6 is 0 Å². The van der Waals surface area contributed by atoms with Crippen molar-refractivity contribution in [2.45, 2.75) is 39.0 Å². The Hall–Kier alpha value is -0.990. The second kappa shape index (κ2) is 5.68. The lowest BCUT2D eigenvalue weighted by Gasteiger charge is -2.07. The molecule has 0 aliphatic carbocycles. The minimum Gasteiger partial charge on any atom is -0.305 e. The normalized spacial score (nSPS) is 12.0. The molecule has 0 aromatic rings. The highest BCUT2D eigenvalue weighted by atomic mass is 19.3. The van der Waals surface area contributed by atoms with Crippen molar-refractivity contribution in [2.75, 3.05) is 0 Å². The number of hydrogen-bond donors (Lipinski definition) is 1. The summed E-state index contributed by atoms with van der Waals surface area (Å²) in [6.45, 7) is 6.58. The Kier molecular flexibility index (Phi) is 5.28. The van der Waals surface area contributed by atoms with E-state index in [2.05, 4.69) is 6.58 Å². The Morgan fingerprint density at radius 2 is 2.00 bits per heavy atom. The molecule has 1 N–H and O–H groups in total. The van der Waals surface area contributed by atoms with Gasteiger partial charge in [-0.3, -0.25) is 0 Å². The molecular formula is C11H17F2N. The van der Waals surface area contributed by atoms with E-state index in [1.165, 1.54) is 6.08 Å². The molecule has 0 saturated carbocycles. The Balaban J connectivity index is 4.00. The zero-order valence-electron chi connectivity index (χ0n) is 8.74. The molecule has 0 aliphatic rings. The van der Waals surface area contributed by atoms with Crippen LogP contribution in [0.25, 0.3) is 0 Å². The Bertz CT molecular complexity index is 236. The maximum absolute atomic E-state index is 12.4. The minimum atomic E-state index is -2.80. The van der Waals surface area contributed by atoms with Crippen LogP contribution in [-0.2, 0) is 0 Å². The average molecular weight is 201 g/mol. The van der Waals surface area contributed by atoms with Gasteiger partial charge in [-0.2, -0.15) is 0 Å². The van der Waals surface area contributed by atoms with Crippen LogP contribution in [0.15, 0.2) is 24.3 Å². The molecule has 0 atom stereocenters. The predicted molar refractivity (Wildman–Crippen MR) is 56.2 cm³/mol. The molecule has 80 valence electrons. The van der Waals surface area contributed by atoms with Crippen LogP contribution in [0.1, 0.15) is 33.1 Å². The highest BCUT2D eigenvalue weighted by molar-refractivity contribution is 5.93. The first-order valence-corrected chi connectivity index (χ1v) is 4.66. The fraction of sp³-hybridized carbons (Fsp3) is 0.545. The van der Waals surface area contributed by atoms with E-state index in [1.54, 1.807) is 6.08 Å². The molecule has 0 aromatic heterocycles. The summed E-state index contributed by atoms with van der Waals surface area (Å²) in [5.74, 6) is -2.80. The summed E-state index contributed by atoms with van der Waals surface area (Å²) in [5, 5.41) is 7.26. The number of rotatable bonds is 6. The van der Waals surface area contributed by atoms with Gasteiger partial charge in [0.15, 0.2) is 0 Å². The first-order chi connectivity index (χ1) is 6.35. The maximum atomic E-state index is 12.4. The molecule has 3 heteroatoms. The van der Waals surface area contributed by atoms with Gasteiger partial charge >= 0.3 is 0 Å². The zero-order chi connectivity index (χ0) is 11.2. The van der Waals surface area contributed by atoms with Crippen molar-refractivity contribution < 1.29 is 8.78 Å². The molecule has 0 amide bonds. The Morgan fingerprint density at radius 1 is 1.43 bits per heavy atom. The van der Waals surface area contributed by atoms with Crippen LogP contribution < -0.4 is 0 Å². The molecule has 0 saturated heterocycles. The summed E-state index contributed by atoms with van der Waals surface area (Å²) in [6, 6.07) is 0. The molecule has 1 nitrogen and oxygen atoms in total. The lowest BCUT2D eigenvalue weighted by Crippen LogP contribution is -2.14. The first-order valence-electron chi connectivity index (χ1n) is 4.66. The van der Waals surface area contributed by atoms with Crippen LogP contribution in [-0.4, -0.2) is 11.6 Å². The number of nitrogens with one attached hydrogen (secondary N) is 1. The number of allylic oxidation sites excluding steroid dienone is 3. The summed E-state index contributed by atoms with van der Waals surface area (Å²) >= 11 is 0. The summed E-state index contributed by atoms with van der Waals surface area (Å²) in [4.78, 5) is 0. The maximum Gasteiger partial charge on any atom is 0.250 e. The van der Waals surface area contributed by atoms with Crippen molar-refractivity contribution in [3.8, 4) is 0 Å². The van der Waals surface area contributed by atoms with Crippen LogP contribution in [0.3, 0.4) is 0 Å². The second-order valence-electron chi connectivity index (χ2n) is 3.51. The van der Waals surface area contributed by atoms with E-state index >= 15 is 0 Å². The van der Waals surface area contributed by atoms with Gasteiger partial charge in [-0.25, -0.2) is 8.78 Å². The standard InChI is InChI=1S/C11H17F2N/c1-4-5-9(2)6-7-10(14)8-11(3,12)13/h6-7,14H,2,4-5,8H2,1,3H3/b7-6-,14-10?. The summed E-state index contributed by atoms with van der Waals surface area (Å²) in [6.07, 6.45) is 4.34. The quantitative estimate of drug-likeness (QED) is 0.496. The van der Waals surface area contributed by atoms with Crippen LogP contribution in [0.4, 0.5) is 8.78 Å². The van der Waals surface area contributed by atoms with Crippen molar-refractivity contribution >= 4 is 5.71 Å². The van der Waals surface area contributed by atoms with Gasteiger partial charge in [0.05, 0.1) is 6.42 Å². The van der Waals surface area contributed by atoms with E-state index in [4.69, 9.17) is 5.41 Å². The lowest BCUT2D eigenvalue weighted by atomic mass is 10.1. The molecule has 0 heterocycles. The van der Waals surface area contributed by atoms with E-state index in [-0.39, 0.29) is 5.71 Å². The summed E-state index contributed by atoms with van der Waals surface area (Å²) in [7, 11) is 0. The second-order valence-corrected chi connectivity index (χ2v) is 3.51. The largest absolute Gasteiger partial charge is 0.305 e. The molecule has 0 radical (unpaired) electrons. The zero-order valence-corrected chi connectivity index (χ0v) is 8.74. The summed E-state index contributed by atoms with van der Waals surface area (Å²) < 4.78 is 24.9. The SMILES string of the molecule is C=C(/C=C\C(=N)CC(C)(F)F)CCC. The van der Waals surface area contributed by atoms with Gasteiger partial charge in [0, 0.05) is 5.71 Å². The summed E-state index contributed by atoms with van der Waals surface area (Å²) in [5.41, 5.74) is 0.812. The van der Waals surface area contributed by atoms with E-state index in [9.17, 15) is 8.78 Å². The molecule has 0 rings (SSSR count). The van der Waals surface area contributed by atoms with Gasteiger partial charge in [-0.15, -0.1) is 0 Å². The third kappa shape index (κ3) is 7.65. The van der Waals surface area contributed by atoms with E-state index in [0.29, 0.717) is 0 Å². The highest BCUT2D eigenvalue weighted by Gasteiger charge is 2.21. The van der Waals surface area contributed by atoms with Crippen molar-refractivity contribution in [2.24, 2.45) is 0 Å². The lowest BCUT2D eigenvalue weighted by molar-refractivity contribution is 0.0304. The third-order valence-electron chi connectivity index (χ3n) is 1.59. The van der Waals surface area contributed by atoms with E-state index in [0.717, 1.165) is 25.3 Å². The average Bonchev–Trinajstić information content (AvgIpc) is 1.98. The molecule has 0 aromatic carbocycles. The van der Waals surface area contributed by atoms with Crippen molar-refractivity contribution in [1.82, 2.24) is 0 Å². The fourth-order valence-corrected chi connectivity index (χ4v) is 1.02. The van der Waals surface area contributed by atoms with Crippen LogP contribution in [0, 0.1) is 5.41 Å². The fourth-order valence-electron chi connectivity index (χ4n) is 1.02. The van der Waals surface area contributed by atoms with Gasteiger partial charge in [-0.1, -0.05) is 31.6 Å². The van der Waals surface area contributed by atoms with Crippen molar-refractivity contribution in [3.63, 3.8) is 0 Å².